The van der Waals surface area contributed by atoms with Crippen LogP contribution in [0.25, 0.3) is 0 Å². The predicted octanol–water partition coefficient (Wildman–Crippen LogP) is 1.97. The Morgan fingerprint density at radius 1 is 1.22 bits per heavy atom. The number of amides is 1. The standard InChI is InChI=1S/C12H12Cl2F3NO4S/c13-10(14)11(20)18-8(5-15)9(19)6-1-3-7(4-2-6)23(21,22)12(16)17/h1-4,8-10,12,19H,5H2,(H,18,20)/t8-,9-/m1/s1. The molecule has 1 amide bonds. The molecule has 1 aromatic carbocycles. The third kappa shape index (κ3) is 4.97. The van der Waals surface area contributed by atoms with Crippen molar-refractivity contribution in [1.29, 1.82) is 0 Å². The second-order valence-corrected chi connectivity index (χ2v) is 7.40. The largest absolute Gasteiger partial charge is 0.386 e. The highest BCUT2D eigenvalue weighted by Crippen LogP contribution is 2.23. The van der Waals surface area contributed by atoms with E-state index in [9.17, 15) is 31.5 Å². The minimum Gasteiger partial charge on any atom is -0.386 e. The summed E-state index contributed by atoms with van der Waals surface area (Å²) >= 11 is 10.6. The van der Waals surface area contributed by atoms with Crippen molar-refractivity contribution in [2.75, 3.05) is 6.67 Å². The summed E-state index contributed by atoms with van der Waals surface area (Å²) in [4.78, 5) is 9.18. The first-order valence-corrected chi connectivity index (χ1v) is 8.47. The summed E-state index contributed by atoms with van der Waals surface area (Å²) in [6.07, 6.45) is -1.56. The molecule has 0 heterocycles. The van der Waals surface area contributed by atoms with Gasteiger partial charge in [-0.15, -0.1) is 0 Å². The molecule has 130 valence electrons. The van der Waals surface area contributed by atoms with Gasteiger partial charge in [0.2, 0.25) is 9.84 Å². The molecule has 0 radical (unpaired) electrons. The molecule has 0 spiro atoms. The van der Waals surface area contributed by atoms with E-state index in [0.717, 1.165) is 24.3 Å². The number of sulfone groups is 1. The number of halogens is 5. The average molecular weight is 394 g/mol. The van der Waals surface area contributed by atoms with Crippen LogP contribution in [0.2, 0.25) is 0 Å². The lowest BCUT2D eigenvalue weighted by Gasteiger charge is -2.22. The van der Waals surface area contributed by atoms with E-state index in [1.165, 1.54) is 0 Å². The van der Waals surface area contributed by atoms with Crippen molar-refractivity contribution in [1.82, 2.24) is 5.32 Å². The highest BCUT2D eigenvalue weighted by atomic mass is 35.5. The molecule has 0 aromatic heterocycles. The first-order valence-electron chi connectivity index (χ1n) is 6.05. The van der Waals surface area contributed by atoms with Crippen molar-refractivity contribution in [2.45, 2.75) is 27.6 Å². The molecule has 5 nitrogen and oxygen atoms in total. The fourth-order valence-electron chi connectivity index (χ4n) is 1.64. The smallest absolute Gasteiger partial charge is 0.341 e. The zero-order chi connectivity index (χ0) is 17.8. The molecule has 0 aliphatic heterocycles. The Morgan fingerprint density at radius 2 is 1.74 bits per heavy atom. The van der Waals surface area contributed by atoms with Crippen molar-refractivity contribution in [2.24, 2.45) is 0 Å². The van der Waals surface area contributed by atoms with Gasteiger partial charge in [-0.2, -0.15) is 8.78 Å². The quantitative estimate of drug-likeness (QED) is 0.693. The van der Waals surface area contributed by atoms with Gasteiger partial charge in [0.1, 0.15) is 12.8 Å². The zero-order valence-corrected chi connectivity index (χ0v) is 13.6. The lowest BCUT2D eigenvalue weighted by molar-refractivity contribution is -0.121. The lowest BCUT2D eigenvalue weighted by Crippen LogP contribution is -2.43. The van der Waals surface area contributed by atoms with Crippen LogP contribution >= 0.6 is 23.2 Å². The number of carbonyl (C=O) groups excluding carboxylic acids is 1. The van der Waals surface area contributed by atoms with Gasteiger partial charge in [0.25, 0.3) is 5.91 Å². The number of carbonyl (C=O) groups is 1. The van der Waals surface area contributed by atoms with Gasteiger partial charge >= 0.3 is 5.76 Å². The summed E-state index contributed by atoms with van der Waals surface area (Å²) in [5.41, 5.74) is 0.0156. The van der Waals surface area contributed by atoms with Crippen LogP contribution in [0.5, 0.6) is 0 Å². The van der Waals surface area contributed by atoms with E-state index in [0.29, 0.717) is 0 Å². The molecule has 0 aliphatic carbocycles. The number of aliphatic hydroxyl groups excluding tert-OH is 1. The molecule has 0 saturated heterocycles. The second-order valence-electron chi connectivity index (χ2n) is 4.39. The van der Waals surface area contributed by atoms with Gasteiger partial charge in [-0.1, -0.05) is 35.3 Å². The molecule has 11 heteroatoms. The van der Waals surface area contributed by atoms with Crippen LogP contribution in [0.15, 0.2) is 29.2 Å². The Balaban J connectivity index is 2.96. The fourth-order valence-corrected chi connectivity index (χ4v) is 2.48. The Bertz CT molecular complexity index is 640. The summed E-state index contributed by atoms with van der Waals surface area (Å²) in [6, 6.07) is 2.38. The summed E-state index contributed by atoms with van der Waals surface area (Å²) in [7, 11) is -4.77. The second kappa shape index (κ2) is 8.18. The van der Waals surface area contributed by atoms with Crippen molar-refractivity contribution in [3.63, 3.8) is 0 Å². The molecule has 0 fully saturated rings. The van der Waals surface area contributed by atoms with Gasteiger partial charge in [-0.05, 0) is 17.7 Å². The maximum atomic E-state index is 12.9. The van der Waals surface area contributed by atoms with E-state index >= 15 is 0 Å². The van der Waals surface area contributed by atoms with Crippen LogP contribution in [0, 0.1) is 0 Å². The molecule has 2 N–H and O–H groups in total. The zero-order valence-electron chi connectivity index (χ0n) is 11.3. The molecule has 0 unspecified atom stereocenters. The predicted molar refractivity (Wildman–Crippen MR) is 78.0 cm³/mol. The Morgan fingerprint density at radius 3 is 2.13 bits per heavy atom. The van der Waals surface area contributed by atoms with Gasteiger partial charge in [0.15, 0.2) is 4.84 Å². The monoisotopic (exact) mass is 393 g/mol. The van der Waals surface area contributed by atoms with Gasteiger partial charge in [-0.25, -0.2) is 12.8 Å². The minimum atomic E-state index is -4.77. The number of hydrogen-bond donors (Lipinski definition) is 2. The number of benzene rings is 1. The fraction of sp³-hybridized carbons (Fsp3) is 0.417. The van der Waals surface area contributed by atoms with Gasteiger partial charge in [0.05, 0.1) is 10.9 Å². The Kier molecular flexibility index (Phi) is 7.12. The van der Waals surface area contributed by atoms with Crippen LogP contribution in [-0.2, 0) is 14.6 Å². The molecule has 0 bridgehead atoms. The molecule has 0 aliphatic rings. The molecule has 0 saturated carbocycles. The highest BCUT2D eigenvalue weighted by molar-refractivity contribution is 7.91. The summed E-state index contributed by atoms with van der Waals surface area (Å²) in [6.45, 7) is -1.16. The Labute approximate surface area is 140 Å². The summed E-state index contributed by atoms with van der Waals surface area (Å²) in [5, 5.41) is 12.0. The third-order valence-electron chi connectivity index (χ3n) is 2.86. The molecular weight excluding hydrogens is 382 g/mol. The number of rotatable bonds is 7. The average Bonchev–Trinajstić information content (AvgIpc) is 2.51. The molecule has 1 rings (SSSR count). The van der Waals surface area contributed by atoms with Crippen molar-refractivity contribution in [3.05, 3.63) is 29.8 Å². The van der Waals surface area contributed by atoms with Crippen molar-refractivity contribution < 1.29 is 31.5 Å². The van der Waals surface area contributed by atoms with Crippen LogP contribution in [0.3, 0.4) is 0 Å². The van der Waals surface area contributed by atoms with Crippen molar-refractivity contribution >= 4 is 38.9 Å². The van der Waals surface area contributed by atoms with Crippen LogP contribution in [-0.4, -0.2) is 42.7 Å². The van der Waals surface area contributed by atoms with E-state index in [1.54, 1.807) is 0 Å². The number of nitrogens with one attached hydrogen (secondary N) is 1. The van der Waals surface area contributed by atoms with E-state index in [-0.39, 0.29) is 5.56 Å². The summed E-state index contributed by atoms with van der Waals surface area (Å²) in [5.74, 6) is -4.51. The summed E-state index contributed by atoms with van der Waals surface area (Å²) < 4.78 is 60.3. The van der Waals surface area contributed by atoms with Gasteiger partial charge < -0.3 is 10.4 Å². The van der Waals surface area contributed by atoms with E-state index in [1.807, 2.05) is 0 Å². The molecular formula is C12H12Cl2F3NO4S. The molecule has 2 atom stereocenters. The third-order valence-corrected chi connectivity index (χ3v) is 4.65. The van der Waals surface area contributed by atoms with Crippen molar-refractivity contribution in [3.8, 4) is 0 Å². The topological polar surface area (TPSA) is 83.5 Å². The van der Waals surface area contributed by atoms with Gasteiger partial charge in [-0.3, -0.25) is 4.79 Å². The first kappa shape index (κ1) is 20.0. The maximum Gasteiger partial charge on any atom is 0.341 e. The normalized spacial score (nSPS) is 14.8. The lowest BCUT2D eigenvalue weighted by atomic mass is 10.0. The number of alkyl halides is 5. The maximum absolute atomic E-state index is 12.9. The van der Waals surface area contributed by atoms with E-state index < -0.39 is 50.1 Å². The van der Waals surface area contributed by atoms with E-state index in [4.69, 9.17) is 23.2 Å². The molecule has 23 heavy (non-hydrogen) atoms. The highest BCUT2D eigenvalue weighted by Gasteiger charge is 2.28. The van der Waals surface area contributed by atoms with E-state index in [2.05, 4.69) is 5.32 Å². The first-order chi connectivity index (χ1) is 10.6. The van der Waals surface area contributed by atoms with Crippen LogP contribution < -0.4 is 5.32 Å². The number of hydrogen-bond acceptors (Lipinski definition) is 4. The molecule has 1 aromatic rings. The van der Waals surface area contributed by atoms with Crippen LogP contribution in [0.1, 0.15) is 11.7 Å². The Hall–Kier alpha value is -1.03. The minimum absolute atomic E-state index is 0.0156. The van der Waals surface area contributed by atoms with Crippen LogP contribution in [0.4, 0.5) is 13.2 Å². The van der Waals surface area contributed by atoms with Gasteiger partial charge in [0, 0.05) is 0 Å². The SMILES string of the molecule is O=C(N[C@H](CF)[C@H](O)c1ccc(S(=O)(=O)C(F)F)cc1)C(Cl)Cl. The number of aliphatic hydroxyl groups is 1.